The Labute approximate surface area is 117 Å². The zero-order valence-electron chi connectivity index (χ0n) is 12.0. The first-order valence-electron chi connectivity index (χ1n) is 6.91. The van der Waals surface area contributed by atoms with Gasteiger partial charge in [0.15, 0.2) is 0 Å². The molecule has 3 aliphatic carbocycles. The van der Waals surface area contributed by atoms with E-state index in [2.05, 4.69) is 45.6 Å². The predicted molar refractivity (Wildman–Crippen MR) is 77.6 cm³/mol. The fraction of sp³-hybridized carbons (Fsp3) is 0.571. The lowest BCUT2D eigenvalue weighted by Gasteiger charge is -2.55. The molecule has 106 valence electrons. The van der Waals surface area contributed by atoms with E-state index in [0.29, 0.717) is 17.0 Å². The topological polar surface area (TPSA) is 83.0 Å². The zero-order chi connectivity index (χ0) is 14.3. The average Bonchev–Trinajstić information content (AvgIpc) is 2.43. The summed E-state index contributed by atoms with van der Waals surface area (Å²) >= 11 is 0. The van der Waals surface area contributed by atoms with Gasteiger partial charge in [-0.15, -0.1) is 10.2 Å². The van der Waals surface area contributed by atoms with Crippen molar-refractivity contribution in [2.45, 2.75) is 33.6 Å². The Hall–Kier alpha value is -1.98. The summed E-state index contributed by atoms with van der Waals surface area (Å²) < 4.78 is 0. The van der Waals surface area contributed by atoms with Gasteiger partial charge in [0.05, 0.1) is 6.21 Å². The average molecular weight is 273 g/mol. The van der Waals surface area contributed by atoms with Crippen molar-refractivity contribution < 1.29 is 0 Å². The highest BCUT2D eigenvalue weighted by Crippen LogP contribution is 2.58. The van der Waals surface area contributed by atoms with Crippen molar-refractivity contribution in [2.75, 3.05) is 5.43 Å². The van der Waals surface area contributed by atoms with Crippen molar-refractivity contribution in [3.05, 3.63) is 27.7 Å². The lowest BCUT2D eigenvalue weighted by molar-refractivity contribution is -0.00124. The molecule has 0 amide bonds. The smallest absolute Gasteiger partial charge is 0.274 e. The predicted octanol–water partition coefficient (Wildman–Crippen LogP) is 1.86. The lowest BCUT2D eigenvalue weighted by Crippen LogP contribution is -2.48. The van der Waals surface area contributed by atoms with Gasteiger partial charge in [0.25, 0.3) is 5.56 Å². The summed E-state index contributed by atoms with van der Waals surface area (Å²) in [6, 6.07) is 0. The molecule has 6 nitrogen and oxygen atoms in total. The molecule has 0 radical (unpaired) electrons. The molecule has 1 fully saturated rings. The monoisotopic (exact) mass is 273 g/mol. The van der Waals surface area contributed by atoms with Gasteiger partial charge in [-0.1, -0.05) is 19.9 Å². The maximum Gasteiger partial charge on any atom is 0.274 e. The Morgan fingerprint density at radius 3 is 2.95 bits per heavy atom. The van der Waals surface area contributed by atoms with Gasteiger partial charge in [-0.3, -0.25) is 9.78 Å². The second-order valence-corrected chi connectivity index (χ2v) is 6.20. The molecule has 0 unspecified atom stereocenters. The fourth-order valence-electron chi connectivity index (χ4n) is 3.16. The minimum atomic E-state index is -0.252. The van der Waals surface area contributed by atoms with Crippen molar-refractivity contribution in [1.29, 1.82) is 0 Å². The third kappa shape index (κ3) is 2.05. The largest absolute Gasteiger partial charge is 0.288 e. The number of rotatable bonds is 3. The molecule has 1 heterocycles. The molecule has 0 saturated heterocycles. The number of hydrogen-bond donors (Lipinski definition) is 2. The van der Waals surface area contributed by atoms with Crippen LogP contribution in [0.1, 0.15) is 32.4 Å². The summed E-state index contributed by atoms with van der Waals surface area (Å²) in [4.78, 5) is 14.0. The molecule has 1 saturated carbocycles. The van der Waals surface area contributed by atoms with Crippen molar-refractivity contribution in [1.82, 2.24) is 15.2 Å². The number of aryl methyl sites for hydroxylation is 1. The van der Waals surface area contributed by atoms with Crippen LogP contribution in [0.2, 0.25) is 0 Å². The molecule has 3 aliphatic rings. The van der Waals surface area contributed by atoms with Gasteiger partial charge in [-0.2, -0.15) is 5.10 Å². The zero-order valence-corrected chi connectivity index (χ0v) is 12.0. The standard InChI is InChI=1S/C14H19N5O/c1-8-12(20)16-13(19-17-8)18-15-7-9-4-5-10-6-11(9)14(10,2)3/h4,7,10-11H,5-6H2,1-3H3,(H2,16,18,19,20)/b15-7+/t10-,11+/m0/s1. The lowest BCUT2D eigenvalue weighted by atomic mass is 9.49. The third-order valence-electron chi connectivity index (χ3n) is 4.76. The first-order valence-corrected chi connectivity index (χ1v) is 6.91. The highest BCUT2D eigenvalue weighted by molar-refractivity contribution is 5.81. The van der Waals surface area contributed by atoms with Gasteiger partial charge in [0.2, 0.25) is 5.95 Å². The van der Waals surface area contributed by atoms with Gasteiger partial charge in [-0.25, -0.2) is 5.43 Å². The van der Waals surface area contributed by atoms with E-state index < -0.39 is 0 Å². The molecule has 1 aromatic heterocycles. The van der Waals surface area contributed by atoms with Gasteiger partial charge < -0.3 is 0 Å². The Balaban J connectivity index is 1.68. The number of H-pyrrole nitrogens is 1. The molecular formula is C14H19N5O. The highest BCUT2D eigenvalue weighted by atomic mass is 16.1. The van der Waals surface area contributed by atoms with Crippen LogP contribution in [0.25, 0.3) is 0 Å². The fourth-order valence-corrected chi connectivity index (χ4v) is 3.16. The number of anilines is 1. The Morgan fingerprint density at radius 1 is 1.50 bits per heavy atom. The molecule has 2 N–H and O–H groups in total. The Kier molecular flexibility index (Phi) is 2.96. The number of nitrogens with one attached hydrogen (secondary N) is 2. The van der Waals surface area contributed by atoms with Crippen LogP contribution in [0.5, 0.6) is 0 Å². The van der Waals surface area contributed by atoms with Crippen molar-refractivity contribution in [3.8, 4) is 0 Å². The normalized spacial score (nSPS) is 27.1. The van der Waals surface area contributed by atoms with Crippen molar-refractivity contribution >= 4 is 12.2 Å². The molecule has 4 rings (SSSR count). The van der Waals surface area contributed by atoms with Crippen LogP contribution in [0.15, 0.2) is 21.5 Å². The summed E-state index contributed by atoms with van der Waals surface area (Å²) in [6.07, 6.45) is 6.48. The highest BCUT2D eigenvalue weighted by Gasteiger charge is 2.50. The Morgan fingerprint density at radius 2 is 2.30 bits per heavy atom. The van der Waals surface area contributed by atoms with Gasteiger partial charge >= 0.3 is 0 Å². The van der Waals surface area contributed by atoms with Gasteiger partial charge in [-0.05, 0) is 42.6 Å². The van der Waals surface area contributed by atoms with Crippen LogP contribution >= 0.6 is 0 Å². The summed E-state index contributed by atoms with van der Waals surface area (Å²) in [5.41, 5.74) is 4.47. The Bertz CT molecular complexity index is 643. The molecule has 6 heteroatoms. The van der Waals surface area contributed by atoms with E-state index in [4.69, 9.17) is 0 Å². The molecule has 0 aromatic carbocycles. The van der Waals surface area contributed by atoms with E-state index in [1.807, 2.05) is 6.21 Å². The second-order valence-electron chi connectivity index (χ2n) is 6.20. The van der Waals surface area contributed by atoms with E-state index >= 15 is 0 Å². The first-order chi connectivity index (χ1) is 9.48. The second kappa shape index (κ2) is 4.54. The third-order valence-corrected chi connectivity index (χ3v) is 4.76. The van der Waals surface area contributed by atoms with Crippen molar-refractivity contribution in [2.24, 2.45) is 22.4 Å². The molecular weight excluding hydrogens is 254 g/mol. The summed E-state index contributed by atoms with van der Waals surface area (Å²) in [5.74, 6) is 1.67. The molecule has 1 aromatic rings. The number of allylic oxidation sites excluding steroid dienone is 2. The van der Waals surface area contributed by atoms with Gasteiger partial charge in [0, 0.05) is 0 Å². The number of aromatic amines is 1. The SMILES string of the molecule is Cc1nnc(N/N=C/C2=CC[C@H]3C[C@H]2C3(C)C)[nH]c1=O. The van der Waals surface area contributed by atoms with E-state index in [1.165, 1.54) is 12.0 Å². The van der Waals surface area contributed by atoms with Crippen LogP contribution in [-0.2, 0) is 0 Å². The van der Waals surface area contributed by atoms with Crippen LogP contribution in [0.3, 0.4) is 0 Å². The summed E-state index contributed by atoms with van der Waals surface area (Å²) in [6.45, 7) is 6.26. The number of hydrogen-bond acceptors (Lipinski definition) is 5. The van der Waals surface area contributed by atoms with Crippen LogP contribution < -0.4 is 11.0 Å². The number of hydrazone groups is 1. The molecule has 2 bridgehead atoms. The van der Waals surface area contributed by atoms with Crippen LogP contribution in [0.4, 0.5) is 5.95 Å². The summed E-state index contributed by atoms with van der Waals surface area (Å²) in [5, 5.41) is 11.7. The molecule has 0 spiro atoms. The molecule has 0 aliphatic heterocycles. The minimum Gasteiger partial charge on any atom is -0.288 e. The van der Waals surface area contributed by atoms with Gasteiger partial charge in [0.1, 0.15) is 5.69 Å². The maximum absolute atomic E-state index is 11.4. The van der Waals surface area contributed by atoms with E-state index in [-0.39, 0.29) is 11.5 Å². The van der Waals surface area contributed by atoms with Crippen LogP contribution in [0, 0.1) is 24.2 Å². The number of aromatic nitrogens is 3. The maximum atomic E-state index is 11.4. The first kappa shape index (κ1) is 13.0. The van der Waals surface area contributed by atoms with Crippen molar-refractivity contribution in [3.63, 3.8) is 0 Å². The minimum absolute atomic E-state index is 0.252. The van der Waals surface area contributed by atoms with E-state index in [9.17, 15) is 4.79 Å². The molecule has 2 atom stereocenters. The van der Waals surface area contributed by atoms with E-state index in [0.717, 1.165) is 12.3 Å². The van der Waals surface area contributed by atoms with Crippen LogP contribution in [-0.4, -0.2) is 21.4 Å². The summed E-state index contributed by atoms with van der Waals surface area (Å²) in [7, 11) is 0. The molecule has 20 heavy (non-hydrogen) atoms. The number of fused-ring (bicyclic) bond motifs is 1. The number of nitrogens with zero attached hydrogens (tertiary/aromatic N) is 3. The quantitative estimate of drug-likeness (QED) is 0.650. The van der Waals surface area contributed by atoms with E-state index in [1.54, 1.807) is 6.92 Å².